The maximum absolute atomic E-state index is 8.81. The van der Waals surface area contributed by atoms with Crippen LogP contribution in [0.4, 0.5) is 0 Å². The molecule has 2 aromatic heterocycles. The van der Waals surface area contributed by atoms with Crippen LogP contribution in [-0.2, 0) is 0 Å². The largest absolute Gasteiger partial charge is 0.476 e. The topological polar surface area (TPSA) is 58.8 Å². The number of nitrogens with zero attached hydrogens (tertiary/aromatic N) is 3. The second-order valence-electron chi connectivity index (χ2n) is 2.56. The second-order valence-corrected chi connectivity index (χ2v) is 3.31. The Balaban J connectivity index is 2.62. The third kappa shape index (κ3) is 1.40. The van der Waals surface area contributed by atoms with Gasteiger partial charge in [-0.1, -0.05) is 0 Å². The van der Waals surface area contributed by atoms with Crippen LogP contribution in [0.1, 0.15) is 12.6 Å². The first-order valence-corrected chi connectivity index (χ1v) is 5.06. The fraction of sp³-hybridized carbons (Fsp3) is 0.222. The van der Waals surface area contributed by atoms with Crippen LogP contribution < -0.4 is 4.74 Å². The molecule has 0 bridgehead atoms. The van der Waals surface area contributed by atoms with Crippen LogP contribution in [0, 0.1) is 11.3 Å². The summed E-state index contributed by atoms with van der Waals surface area (Å²) < 4.78 is 5.21. The van der Waals surface area contributed by atoms with Crippen molar-refractivity contribution in [1.82, 2.24) is 9.97 Å². The van der Waals surface area contributed by atoms with Crippen molar-refractivity contribution in [3.63, 3.8) is 0 Å². The van der Waals surface area contributed by atoms with Crippen molar-refractivity contribution >= 4 is 22.4 Å². The van der Waals surface area contributed by atoms with Gasteiger partial charge in [0.2, 0.25) is 5.69 Å². The standard InChI is InChI=1S/C9H7N3OS/c1-2-13-9-6(3-10)11-7-4-14-5-8(7)12-9/h4-5H,2H2,1H3. The van der Waals surface area contributed by atoms with Gasteiger partial charge in [-0.05, 0) is 6.92 Å². The zero-order valence-electron chi connectivity index (χ0n) is 7.52. The Kier molecular flexibility index (Phi) is 2.29. The van der Waals surface area contributed by atoms with Gasteiger partial charge in [-0.15, -0.1) is 11.3 Å². The first-order chi connectivity index (χ1) is 6.85. The molecule has 2 rings (SSSR count). The van der Waals surface area contributed by atoms with Crippen LogP contribution in [0.15, 0.2) is 10.8 Å². The smallest absolute Gasteiger partial charge is 0.251 e. The highest BCUT2D eigenvalue weighted by Crippen LogP contribution is 2.20. The lowest BCUT2D eigenvalue weighted by Crippen LogP contribution is -1.99. The van der Waals surface area contributed by atoms with Gasteiger partial charge in [-0.2, -0.15) is 5.26 Å². The van der Waals surface area contributed by atoms with Crippen LogP contribution in [0.25, 0.3) is 11.0 Å². The number of rotatable bonds is 2. The summed E-state index contributed by atoms with van der Waals surface area (Å²) in [7, 11) is 0. The molecule has 0 fully saturated rings. The molecule has 0 atom stereocenters. The summed E-state index contributed by atoms with van der Waals surface area (Å²) in [6.45, 7) is 2.33. The SMILES string of the molecule is CCOc1nc2cscc2nc1C#N. The highest BCUT2D eigenvalue weighted by Gasteiger charge is 2.09. The summed E-state index contributed by atoms with van der Waals surface area (Å²) in [4.78, 5) is 8.33. The molecular formula is C9H7N3OS. The van der Waals surface area contributed by atoms with E-state index in [4.69, 9.17) is 10.00 Å². The van der Waals surface area contributed by atoms with Crippen molar-refractivity contribution in [2.45, 2.75) is 6.92 Å². The molecular weight excluding hydrogens is 198 g/mol. The molecule has 0 radical (unpaired) electrons. The number of hydrogen-bond acceptors (Lipinski definition) is 5. The minimum absolute atomic E-state index is 0.248. The fourth-order valence-corrected chi connectivity index (χ4v) is 1.76. The van der Waals surface area contributed by atoms with Crippen molar-refractivity contribution in [1.29, 1.82) is 5.26 Å². The van der Waals surface area contributed by atoms with Gasteiger partial charge in [0.15, 0.2) is 0 Å². The molecule has 0 saturated carbocycles. The number of fused-ring (bicyclic) bond motifs is 1. The van der Waals surface area contributed by atoms with E-state index in [-0.39, 0.29) is 5.69 Å². The quantitative estimate of drug-likeness (QED) is 0.752. The highest BCUT2D eigenvalue weighted by molar-refractivity contribution is 7.09. The predicted octanol–water partition coefficient (Wildman–Crippen LogP) is 1.96. The van der Waals surface area contributed by atoms with Crippen LogP contribution in [0.3, 0.4) is 0 Å². The maximum atomic E-state index is 8.81. The van der Waals surface area contributed by atoms with Gasteiger partial charge in [0, 0.05) is 10.8 Å². The number of hydrogen-bond donors (Lipinski definition) is 0. The van der Waals surface area contributed by atoms with Crippen molar-refractivity contribution in [2.75, 3.05) is 6.61 Å². The lowest BCUT2D eigenvalue weighted by atomic mass is 10.4. The first kappa shape index (κ1) is 8.91. The molecule has 70 valence electrons. The molecule has 0 unspecified atom stereocenters. The van der Waals surface area contributed by atoms with Gasteiger partial charge in [0.25, 0.3) is 5.88 Å². The van der Waals surface area contributed by atoms with E-state index in [2.05, 4.69) is 9.97 Å². The molecule has 14 heavy (non-hydrogen) atoms. The lowest BCUT2D eigenvalue weighted by molar-refractivity contribution is 0.325. The third-order valence-corrected chi connectivity index (χ3v) is 2.38. The molecule has 2 heterocycles. The van der Waals surface area contributed by atoms with E-state index in [1.165, 1.54) is 11.3 Å². The number of nitriles is 1. The van der Waals surface area contributed by atoms with Gasteiger partial charge in [-0.25, -0.2) is 9.97 Å². The average Bonchev–Trinajstić information content (AvgIpc) is 2.64. The Bertz CT molecular complexity index is 500. The Morgan fingerprint density at radius 2 is 2.14 bits per heavy atom. The zero-order valence-corrected chi connectivity index (χ0v) is 8.34. The van der Waals surface area contributed by atoms with Crippen molar-refractivity contribution in [3.8, 4) is 11.9 Å². The van der Waals surface area contributed by atoms with E-state index >= 15 is 0 Å². The van der Waals surface area contributed by atoms with Crippen LogP contribution in [-0.4, -0.2) is 16.6 Å². The molecule has 0 aromatic carbocycles. The predicted molar refractivity (Wildman–Crippen MR) is 53.3 cm³/mol. The molecule has 2 aromatic rings. The van der Waals surface area contributed by atoms with E-state index in [1.54, 1.807) is 0 Å². The Hall–Kier alpha value is -1.67. The summed E-state index contributed by atoms with van der Waals surface area (Å²) in [5.41, 5.74) is 1.77. The summed E-state index contributed by atoms with van der Waals surface area (Å²) >= 11 is 1.51. The van der Waals surface area contributed by atoms with Gasteiger partial charge in [-0.3, -0.25) is 0 Å². The molecule has 0 aliphatic rings. The minimum atomic E-state index is 0.248. The van der Waals surface area contributed by atoms with Gasteiger partial charge >= 0.3 is 0 Å². The van der Waals surface area contributed by atoms with Crippen LogP contribution >= 0.6 is 11.3 Å². The van der Waals surface area contributed by atoms with Crippen molar-refractivity contribution < 1.29 is 4.74 Å². The summed E-state index contributed by atoms with van der Waals surface area (Å²) in [6, 6.07) is 1.97. The van der Waals surface area contributed by atoms with E-state index in [1.807, 2.05) is 23.8 Å². The van der Waals surface area contributed by atoms with E-state index in [0.717, 1.165) is 11.0 Å². The molecule has 0 amide bonds. The van der Waals surface area contributed by atoms with Gasteiger partial charge in [0.05, 0.1) is 6.61 Å². The monoisotopic (exact) mass is 205 g/mol. The van der Waals surface area contributed by atoms with Crippen molar-refractivity contribution in [2.24, 2.45) is 0 Å². The average molecular weight is 205 g/mol. The normalized spacial score (nSPS) is 10.0. The molecule has 0 spiro atoms. The van der Waals surface area contributed by atoms with Crippen molar-refractivity contribution in [3.05, 3.63) is 16.5 Å². The lowest BCUT2D eigenvalue weighted by Gasteiger charge is -2.02. The number of aromatic nitrogens is 2. The Morgan fingerprint density at radius 3 is 2.79 bits per heavy atom. The number of thiophene rings is 1. The summed E-state index contributed by atoms with van der Waals surface area (Å²) in [5, 5.41) is 12.6. The highest BCUT2D eigenvalue weighted by atomic mass is 32.1. The summed E-state index contributed by atoms with van der Waals surface area (Å²) in [5.74, 6) is 0.320. The van der Waals surface area contributed by atoms with Crippen LogP contribution in [0.5, 0.6) is 5.88 Å². The van der Waals surface area contributed by atoms with E-state index in [0.29, 0.717) is 12.5 Å². The third-order valence-electron chi connectivity index (χ3n) is 1.67. The fourth-order valence-electron chi connectivity index (χ4n) is 1.09. The Labute approximate surface area is 84.8 Å². The zero-order chi connectivity index (χ0) is 9.97. The Morgan fingerprint density at radius 1 is 1.43 bits per heavy atom. The summed E-state index contributed by atoms with van der Waals surface area (Å²) in [6.07, 6.45) is 0. The molecule has 4 nitrogen and oxygen atoms in total. The van der Waals surface area contributed by atoms with Gasteiger partial charge < -0.3 is 4.74 Å². The molecule has 0 N–H and O–H groups in total. The van der Waals surface area contributed by atoms with Crippen LogP contribution in [0.2, 0.25) is 0 Å². The van der Waals surface area contributed by atoms with Gasteiger partial charge in [0.1, 0.15) is 17.1 Å². The molecule has 0 aliphatic heterocycles. The maximum Gasteiger partial charge on any atom is 0.251 e. The second kappa shape index (κ2) is 3.60. The molecule has 0 saturated heterocycles. The number of ether oxygens (including phenoxy) is 1. The minimum Gasteiger partial charge on any atom is -0.476 e. The molecule has 5 heteroatoms. The van der Waals surface area contributed by atoms with E-state index < -0.39 is 0 Å². The van der Waals surface area contributed by atoms with E-state index in [9.17, 15) is 0 Å². The molecule has 0 aliphatic carbocycles. The first-order valence-electron chi connectivity index (χ1n) is 4.12.